The molecule has 0 aliphatic rings. The van der Waals surface area contributed by atoms with Crippen LogP contribution in [0.2, 0.25) is 0 Å². The molecule has 0 unspecified atom stereocenters. The second-order valence-corrected chi connectivity index (χ2v) is 4.08. The fourth-order valence-corrected chi connectivity index (χ4v) is 1.70. The summed E-state index contributed by atoms with van der Waals surface area (Å²) in [6.45, 7) is 5.85. The van der Waals surface area contributed by atoms with Gasteiger partial charge in [-0.2, -0.15) is 0 Å². The molecule has 2 heterocycles. The van der Waals surface area contributed by atoms with Gasteiger partial charge < -0.3 is 9.88 Å². The minimum atomic E-state index is 0.758. The van der Waals surface area contributed by atoms with Crippen molar-refractivity contribution in [2.75, 3.05) is 11.9 Å². The summed E-state index contributed by atoms with van der Waals surface area (Å²) in [5.41, 5.74) is 2.10. The number of nitrogens with one attached hydrogen (secondary N) is 1. The van der Waals surface area contributed by atoms with Gasteiger partial charge in [-0.05, 0) is 25.5 Å². The summed E-state index contributed by atoms with van der Waals surface area (Å²) in [4.78, 5) is 8.79. The summed E-state index contributed by atoms with van der Waals surface area (Å²) in [5, 5.41) is 3.30. The minimum Gasteiger partial charge on any atom is -0.356 e. The first-order valence-corrected chi connectivity index (χ1v) is 5.97. The highest BCUT2D eigenvalue weighted by atomic mass is 15.2. The molecule has 2 aromatic heterocycles. The number of pyridine rings is 1. The van der Waals surface area contributed by atoms with Crippen molar-refractivity contribution in [3.63, 3.8) is 0 Å². The van der Waals surface area contributed by atoms with Crippen LogP contribution in [0, 0.1) is 6.92 Å². The Bertz CT molecular complexity index is 476. The van der Waals surface area contributed by atoms with E-state index < -0.39 is 0 Å². The number of nitrogens with zero attached hydrogens (tertiary/aromatic N) is 3. The number of imidazole rings is 1. The van der Waals surface area contributed by atoms with Gasteiger partial charge in [0.25, 0.3) is 0 Å². The van der Waals surface area contributed by atoms with Gasteiger partial charge in [0.15, 0.2) is 0 Å². The van der Waals surface area contributed by atoms with Crippen LogP contribution in [0.15, 0.2) is 30.6 Å². The maximum atomic E-state index is 4.49. The first-order chi connectivity index (χ1) is 8.29. The smallest absolute Gasteiger partial charge is 0.203 e. The molecule has 4 heteroatoms. The molecule has 0 aliphatic heterocycles. The molecule has 0 fully saturated rings. The number of anilines is 1. The average molecular weight is 230 g/mol. The molecule has 0 radical (unpaired) electrons. The molecule has 4 nitrogen and oxygen atoms in total. The van der Waals surface area contributed by atoms with Crippen LogP contribution >= 0.6 is 0 Å². The highest BCUT2D eigenvalue weighted by Gasteiger charge is 2.03. The first kappa shape index (κ1) is 11.6. The van der Waals surface area contributed by atoms with Crippen LogP contribution < -0.4 is 5.32 Å². The third-order valence-corrected chi connectivity index (χ3v) is 2.53. The van der Waals surface area contributed by atoms with Gasteiger partial charge in [0.2, 0.25) is 5.95 Å². The number of aryl methyl sites for hydroxylation is 1. The molecule has 0 aliphatic carbocycles. The van der Waals surface area contributed by atoms with Crippen LogP contribution in [-0.2, 0) is 6.54 Å². The van der Waals surface area contributed by atoms with Crippen molar-refractivity contribution in [3.05, 3.63) is 42.0 Å². The monoisotopic (exact) mass is 230 g/mol. The van der Waals surface area contributed by atoms with Crippen LogP contribution in [0.1, 0.15) is 24.7 Å². The van der Waals surface area contributed by atoms with E-state index in [4.69, 9.17) is 0 Å². The molecule has 0 bridgehead atoms. The third kappa shape index (κ3) is 3.06. The Balaban J connectivity index is 2.10. The maximum Gasteiger partial charge on any atom is 0.203 e. The van der Waals surface area contributed by atoms with E-state index in [0.29, 0.717) is 0 Å². The normalized spacial score (nSPS) is 10.5. The number of rotatable bonds is 5. The van der Waals surface area contributed by atoms with Gasteiger partial charge in [-0.25, -0.2) is 4.98 Å². The van der Waals surface area contributed by atoms with Gasteiger partial charge in [-0.3, -0.25) is 4.98 Å². The lowest BCUT2D eigenvalue weighted by Crippen LogP contribution is -2.09. The molecule has 90 valence electrons. The van der Waals surface area contributed by atoms with E-state index in [1.54, 1.807) is 0 Å². The molecular formula is C13H18N4. The zero-order valence-electron chi connectivity index (χ0n) is 10.3. The molecule has 0 saturated heterocycles. The fraction of sp³-hybridized carbons (Fsp3) is 0.385. The van der Waals surface area contributed by atoms with Crippen molar-refractivity contribution in [1.29, 1.82) is 0 Å². The molecule has 2 rings (SSSR count). The van der Waals surface area contributed by atoms with E-state index in [1.165, 1.54) is 0 Å². The SMILES string of the molecule is CCCNc1nccn1Cc1cccc(C)n1. The Morgan fingerprint density at radius 2 is 2.24 bits per heavy atom. The Kier molecular flexibility index (Phi) is 3.75. The zero-order chi connectivity index (χ0) is 12.1. The van der Waals surface area contributed by atoms with E-state index in [9.17, 15) is 0 Å². The van der Waals surface area contributed by atoms with Gasteiger partial charge in [-0.15, -0.1) is 0 Å². The van der Waals surface area contributed by atoms with Gasteiger partial charge in [-0.1, -0.05) is 13.0 Å². The van der Waals surface area contributed by atoms with E-state index in [1.807, 2.05) is 37.5 Å². The third-order valence-electron chi connectivity index (χ3n) is 2.53. The first-order valence-electron chi connectivity index (χ1n) is 5.97. The van der Waals surface area contributed by atoms with Crippen molar-refractivity contribution in [1.82, 2.24) is 14.5 Å². The van der Waals surface area contributed by atoms with E-state index in [2.05, 4.69) is 26.8 Å². The molecule has 0 atom stereocenters. The molecule has 17 heavy (non-hydrogen) atoms. The summed E-state index contributed by atoms with van der Waals surface area (Å²) in [7, 11) is 0. The lowest BCUT2D eigenvalue weighted by atomic mass is 10.3. The molecule has 0 aromatic carbocycles. The predicted molar refractivity (Wildman–Crippen MR) is 69.1 cm³/mol. The molecule has 1 N–H and O–H groups in total. The van der Waals surface area contributed by atoms with Crippen LogP contribution in [-0.4, -0.2) is 21.1 Å². The van der Waals surface area contributed by atoms with Gasteiger partial charge in [0.05, 0.1) is 12.2 Å². The average Bonchev–Trinajstić information content (AvgIpc) is 2.74. The van der Waals surface area contributed by atoms with Crippen molar-refractivity contribution in [3.8, 4) is 0 Å². The Morgan fingerprint density at radius 1 is 1.35 bits per heavy atom. The van der Waals surface area contributed by atoms with Crippen LogP contribution in [0.25, 0.3) is 0 Å². The number of hydrogen-bond donors (Lipinski definition) is 1. The summed E-state index contributed by atoms with van der Waals surface area (Å²) in [6, 6.07) is 6.08. The van der Waals surface area contributed by atoms with Crippen LogP contribution in [0.5, 0.6) is 0 Å². The van der Waals surface area contributed by atoms with E-state index in [0.717, 1.165) is 36.8 Å². The van der Waals surface area contributed by atoms with Crippen molar-refractivity contribution in [2.24, 2.45) is 0 Å². The number of hydrogen-bond acceptors (Lipinski definition) is 3. The molecule has 0 amide bonds. The van der Waals surface area contributed by atoms with Crippen LogP contribution in [0.3, 0.4) is 0 Å². The largest absolute Gasteiger partial charge is 0.356 e. The Labute approximate surface area is 102 Å². The minimum absolute atomic E-state index is 0.758. The highest BCUT2D eigenvalue weighted by molar-refractivity contribution is 5.27. The quantitative estimate of drug-likeness (QED) is 0.858. The highest BCUT2D eigenvalue weighted by Crippen LogP contribution is 2.08. The predicted octanol–water partition coefficient (Wildman–Crippen LogP) is 2.46. The summed E-state index contributed by atoms with van der Waals surface area (Å²) in [6.07, 6.45) is 4.88. The maximum absolute atomic E-state index is 4.49. The summed E-state index contributed by atoms with van der Waals surface area (Å²) in [5.74, 6) is 0.912. The summed E-state index contributed by atoms with van der Waals surface area (Å²) < 4.78 is 2.08. The van der Waals surface area contributed by atoms with Gasteiger partial charge in [0, 0.05) is 24.6 Å². The zero-order valence-corrected chi connectivity index (χ0v) is 10.3. The topological polar surface area (TPSA) is 42.7 Å². The Morgan fingerprint density at radius 3 is 3.00 bits per heavy atom. The van der Waals surface area contributed by atoms with Crippen molar-refractivity contribution < 1.29 is 0 Å². The Hall–Kier alpha value is -1.84. The van der Waals surface area contributed by atoms with Crippen LogP contribution in [0.4, 0.5) is 5.95 Å². The molecule has 0 spiro atoms. The molecule has 0 saturated carbocycles. The van der Waals surface area contributed by atoms with E-state index in [-0.39, 0.29) is 0 Å². The van der Waals surface area contributed by atoms with Crippen molar-refractivity contribution in [2.45, 2.75) is 26.8 Å². The fourth-order valence-electron chi connectivity index (χ4n) is 1.70. The standard InChI is InChI=1S/C13H18N4/c1-3-7-14-13-15-8-9-17(13)10-12-6-4-5-11(2)16-12/h4-6,8-9H,3,7,10H2,1-2H3,(H,14,15). The van der Waals surface area contributed by atoms with Gasteiger partial charge in [0.1, 0.15) is 0 Å². The lowest BCUT2D eigenvalue weighted by Gasteiger charge is -2.09. The van der Waals surface area contributed by atoms with E-state index >= 15 is 0 Å². The molecule has 2 aromatic rings. The second kappa shape index (κ2) is 5.48. The summed E-state index contributed by atoms with van der Waals surface area (Å²) >= 11 is 0. The lowest BCUT2D eigenvalue weighted by molar-refractivity contribution is 0.768. The van der Waals surface area contributed by atoms with Gasteiger partial charge >= 0.3 is 0 Å². The van der Waals surface area contributed by atoms with Crippen molar-refractivity contribution >= 4 is 5.95 Å². The second-order valence-electron chi connectivity index (χ2n) is 4.08. The number of aromatic nitrogens is 3. The molecular weight excluding hydrogens is 212 g/mol.